The minimum Gasteiger partial charge on any atom is -0.490 e. The smallest absolute Gasteiger partial charge is 0.270 e. The molecule has 0 bridgehead atoms. The summed E-state index contributed by atoms with van der Waals surface area (Å²) < 4.78 is 6.20. The molecule has 1 aliphatic heterocycles. The van der Waals surface area contributed by atoms with Gasteiger partial charge in [-0.15, -0.1) is 0 Å². The lowest BCUT2D eigenvalue weighted by molar-refractivity contribution is 0.0844. The van der Waals surface area contributed by atoms with Crippen molar-refractivity contribution in [3.63, 3.8) is 0 Å². The number of rotatable bonds is 4. The second-order valence-corrected chi connectivity index (χ2v) is 8.70. The van der Waals surface area contributed by atoms with Gasteiger partial charge < -0.3 is 15.0 Å². The molecule has 1 N–H and O–H groups in total. The molecule has 2 heterocycles. The predicted molar refractivity (Wildman–Crippen MR) is 109 cm³/mol. The number of hydrogen-bond acceptors (Lipinski definition) is 4. The molecule has 0 saturated carbocycles. The van der Waals surface area contributed by atoms with Gasteiger partial charge in [0.2, 0.25) is 0 Å². The predicted octanol–water partition coefficient (Wildman–Crippen LogP) is 4.01. The van der Waals surface area contributed by atoms with E-state index < -0.39 is 0 Å². The van der Waals surface area contributed by atoms with Crippen LogP contribution >= 0.6 is 0 Å². The van der Waals surface area contributed by atoms with E-state index in [0.29, 0.717) is 11.7 Å². The molecule has 3 rings (SSSR count). The van der Waals surface area contributed by atoms with Crippen LogP contribution in [-0.4, -0.2) is 46.6 Å². The lowest BCUT2D eigenvalue weighted by Gasteiger charge is -2.34. The van der Waals surface area contributed by atoms with Crippen LogP contribution < -0.4 is 10.1 Å². The molecule has 1 amide bonds. The number of carbonyl (C=O) groups excluding carboxylic acids is 1. The van der Waals surface area contributed by atoms with Gasteiger partial charge in [0.25, 0.3) is 5.91 Å². The van der Waals surface area contributed by atoms with E-state index in [1.807, 2.05) is 45.0 Å². The van der Waals surface area contributed by atoms with Crippen molar-refractivity contribution in [2.75, 3.05) is 13.1 Å². The average Bonchev–Trinajstić information content (AvgIpc) is 2.60. The van der Waals surface area contributed by atoms with Gasteiger partial charge in [0, 0.05) is 30.1 Å². The van der Waals surface area contributed by atoms with E-state index >= 15 is 0 Å². The molecule has 1 aromatic carbocycles. The zero-order valence-corrected chi connectivity index (χ0v) is 17.1. The van der Waals surface area contributed by atoms with Crippen LogP contribution in [0, 0.1) is 0 Å². The van der Waals surface area contributed by atoms with Gasteiger partial charge in [-0.05, 0) is 71.7 Å². The number of hydrogen-bond donors (Lipinski definition) is 1. The molecule has 1 aromatic heterocycles. The van der Waals surface area contributed by atoms with Crippen molar-refractivity contribution in [3.05, 3.63) is 36.0 Å². The quantitative estimate of drug-likeness (QED) is 0.884. The van der Waals surface area contributed by atoms with E-state index in [2.05, 4.69) is 29.0 Å². The van der Waals surface area contributed by atoms with Gasteiger partial charge in [-0.3, -0.25) is 4.79 Å². The Kier molecular flexibility index (Phi) is 5.70. The van der Waals surface area contributed by atoms with Crippen molar-refractivity contribution in [2.24, 2.45) is 0 Å². The van der Waals surface area contributed by atoms with Crippen molar-refractivity contribution in [3.8, 4) is 5.75 Å². The number of fused-ring (bicyclic) bond motifs is 1. The molecule has 1 aliphatic rings. The third kappa shape index (κ3) is 5.19. The molecule has 0 aliphatic carbocycles. The molecule has 5 heteroatoms. The van der Waals surface area contributed by atoms with Gasteiger partial charge >= 0.3 is 0 Å². The molecule has 2 aromatic rings. The highest BCUT2D eigenvalue weighted by molar-refractivity contribution is 5.95. The monoisotopic (exact) mass is 369 g/mol. The minimum atomic E-state index is -0.281. The first kappa shape index (κ1) is 19.6. The zero-order valence-electron chi connectivity index (χ0n) is 17.1. The van der Waals surface area contributed by atoms with Crippen molar-refractivity contribution >= 4 is 16.8 Å². The largest absolute Gasteiger partial charge is 0.490 e. The van der Waals surface area contributed by atoms with E-state index in [0.717, 1.165) is 42.6 Å². The van der Waals surface area contributed by atoms with Gasteiger partial charge in [-0.2, -0.15) is 0 Å². The normalized spacial score (nSPS) is 16.7. The summed E-state index contributed by atoms with van der Waals surface area (Å²) in [5.74, 6) is 0.723. The Morgan fingerprint density at radius 2 is 1.89 bits per heavy atom. The first-order valence-corrected chi connectivity index (χ1v) is 9.85. The third-order valence-corrected chi connectivity index (χ3v) is 4.89. The summed E-state index contributed by atoms with van der Waals surface area (Å²) in [4.78, 5) is 19.3. The highest BCUT2D eigenvalue weighted by Gasteiger charge is 2.22. The molecular weight excluding hydrogens is 338 g/mol. The molecule has 0 spiro atoms. The second-order valence-electron chi connectivity index (χ2n) is 8.70. The summed E-state index contributed by atoms with van der Waals surface area (Å²) in [7, 11) is 0. The number of pyridine rings is 1. The first-order chi connectivity index (χ1) is 12.7. The maximum atomic E-state index is 12.3. The number of aromatic nitrogens is 1. The number of nitrogens with zero attached hydrogens (tertiary/aromatic N) is 2. The Hall–Kier alpha value is -2.14. The average molecular weight is 370 g/mol. The second kappa shape index (κ2) is 7.85. The number of ether oxygens (including phenoxy) is 1. The summed E-state index contributed by atoms with van der Waals surface area (Å²) in [6.45, 7) is 12.5. The van der Waals surface area contributed by atoms with E-state index in [4.69, 9.17) is 4.74 Å². The molecule has 5 nitrogen and oxygen atoms in total. The molecular formula is C22H31N3O2. The fourth-order valence-corrected chi connectivity index (χ4v) is 3.41. The number of amides is 1. The number of nitrogens with one attached hydrogen (secondary N) is 1. The number of carbonyl (C=O) groups is 1. The molecule has 27 heavy (non-hydrogen) atoms. The van der Waals surface area contributed by atoms with Crippen molar-refractivity contribution in [1.82, 2.24) is 15.2 Å². The maximum absolute atomic E-state index is 12.3. The van der Waals surface area contributed by atoms with Crippen LogP contribution in [0.25, 0.3) is 10.9 Å². The van der Waals surface area contributed by atoms with E-state index in [9.17, 15) is 4.79 Å². The Balaban J connectivity index is 1.68. The standard InChI is InChI=1S/C22H31N3O2/c1-15(2)25-12-10-17(11-13-25)27-18-7-9-19-16(14-18)6-8-20(23-19)21(26)24-22(3,4)5/h6-9,14-15,17H,10-13H2,1-5H3,(H,24,26). The van der Waals surface area contributed by atoms with Crippen LogP contribution in [-0.2, 0) is 0 Å². The summed E-state index contributed by atoms with van der Waals surface area (Å²) in [5, 5.41) is 3.93. The fraction of sp³-hybridized carbons (Fsp3) is 0.545. The lowest BCUT2D eigenvalue weighted by Crippen LogP contribution is -2.41. The first-order valence-electron chi connectivity index (χ1n) is 9.85. The van der Waals surface area contributed by atoms with Crippen LogP contribution in [0.5, 0.6) is 5.75 Å². The topological polar surface area (TPSA) is 54.5 Å². The molecule has 0 unspecified atom stereocenters. The number of benzene rings is 1. The van der Waals surface area contributed by atoms with Crippen molar-refractivity contribution in [2.45, 2.75) is 65.1 Å². The Morgan fingerprint density at radius 3 is 2.52 bits per heavy atom. The van der Waals surface area contributed by atoms with Gasteiger partial charge in [0.05, 0.1) is 5.52 Å². The van der Waals surface area contributed by atoms with Crippen LogP contribution in [0.1, 0.15) is 57.9 Å². The Bertz CT molecular complexity index is 803. The van der Waals surface area contributed by atoms with E-state index in [1.165, 1.54) is 0 Å². The maximum Gasteiger partial charge on any atom is 0.270 e. The lowest BCUT2D eigenvalue weighted by atomic mass is 10.1. The van der Waals surface area contributed by atoms with Crippen LogP contribution in [0.4, 0.5) is 0 Å². The highest BCUT2D eigenvalue weighted by atomic mass is 16.5. The molecule has 0 atom stereocenters. The Morgan fingerprint density at radius 1 is 1.19 bits per heavy atom. The summed E-state index contributed by atoms with van der Waals surface area (Å²) in [6.07, 6.45) is 2.38. The number of likely N-dealkylation sites (tertiary alicyclic amines) is 1. The highest BCUT2D eigenvalue weighted by Crippen LogP contribution is 2.24. The third-order valence-electron chi connectivity index (χ3n) is 4.89. The van der Waals surface area contributed by atoms with E-state index in [-0.39, 0.29) is 17.6 Å². The number of piperidine rings is 1. The van der Waals surface area contributed by atoms with Gasteiger partial charge in [0.15, 0.2) is 0 Å². The van der Waals surface area contributed by atoms with Crippen molar-refractivity contribution in [1.29, 1.82) is 0 Å². The van der Waals surface area contributed by atoms with Crippen LogP contribution in [0.2, 0.25) is 0 Å². The van der Waals surface area contributed by atoms with Gasteiger partial charge in [-0.1, -0.05) is 6.07 Å². The molecule has 146 valence electrons. The summed E-state index contributed by atoms with van der Waals surface area (Å²) >= 11 is 0. The Labute approximate surface area is 162 Å². The molecule has 1 saturated heterocycles. The van der Waals surface area contributed by atoms with Crippen LogP contribution in [0.3, 0.4) is 0 Å². The SMILES string of the molecule is CC(C)N1CCC(Oc2ccc3nc(C(=O)NC(C)(C)C)ccc3c2)CC1. The fourth-order valence-electron chi connectivity index (χ4n) is 3.41. The molecule has 0 radical (unpaired) electrons. The summed E-state index contributed by atoms with van der Waals surface area (Å²) in [6, 6.07) is 10.2. The van der Waals surface area contributed by atoms with Gasteiger partial charge in [0.1, 0.15) is 17.5 Å². The van der Waals surface area contributed by atoms with Gasteiger partial charge in [-0.25, -0.2) is 4.98 Å². The molecule has 1 fully saturated rings. The van der Waals surface area contributed by atoms with Crippen LogP contribution in [0.15, 0.2) is 30.3 Å². The van der Waals surface area contributed by atoms with E-state index in [1.54, 1.807) is 6.07 Å². The minimum absolute atomic E-state index is 0.151. The summed E-state index contributed by atoms with van der Waals surface area (Å²) in [5.41, 5.74) is 0.960. The van der Waals surface area contributed by atoms with Crippen molar-refractivity contribution < 1.29 is 9.53 Å². The zero-order chi connectivity index (χ0) is 19.6.